The summed E-state index contributed by atoms with van der Waals surface area (Å²) in [5.74, 6) is -0.371. The summed E-state index contributed by atoms with van der Waals surface area (Å²) in [7, 11) is 0. The van der Waals surface area contributed by atoms with E-state index in [-0.39, 0.29) is 24.0 Å². The number of hydrogen-bond acceptors (Lipinski definition) is 4. The average Bonchev–Trinajstić information content (AvgIpc) is 2.48. The summed E-state index contributed by atoms with van der Waals surface area (Å²) < 4.78 is 7.05. The molecule has 1 N–H and O–H groups in total. The van der Waals surface area contributed by atoms with Crippen LogP contribution in [0, 0.1) is 0 Å². The van der Waals surface area contributed by atoms with Gasteiger partial charge in [-0.3, -0.25) is 9.59 Å². The zero-order valence-electron chi connectivity index (χ0n) is 11.3. The molecule has 20 heavy (non-hydrogen) atoms. The molecule has 1 heterocycles. The number of rotatable bonds is 5. The predicted octanol–water partition coefficient (Wildman–Crippen LogP) is 2.42. The molecule has 108 valence electrons. The number of carbonyl (C=O) groups is 2. The van der Waals surface area contributed by atoms with Crippen LogP contribution in [0.1, 0.15) is 31.4 Å². The smallest absolute Gasteiger partial charge is 0.212 e. The van der Waals surface area contributed by atoms with Crippen molar-refractivity contribution < 1.29 is 14.3 Å². The van der Waals surface area contributed by atoms with Gasteiger partial charge in [-0.2, -0.15) is 0 Å². The molecule has 0 saturated carbocycles. The fourth-order valence-corrected chi connectivity index (χ4v) is 2.64. The van der Waals surface area contributed by atoms with Crippen molar-refractivity contribution in [3.05, 3.63) is 34.3 Å². The van der Waals surface area contributed by atoms with Crippen molar-refractivity contribution in [3.63, 3.8) is 0 Å². The third-order valence-corrected chi connectivity index (χ3v) is 4.09. The van der Waals surface area contributed by atoms with Gasteiger partial charge in [0.25, 0.3) is 0 Å². The van der Waals surface area contributed by atoms with Gasteiger partial charge in [0.05, 0.1) is 18.2 Å². The van der Waals surface area contributed by atoms with Crippen molar-refractivity contribution in [1.29, 1.82) is 0 Å². The first-order valence-electron chi connectivity index (χ1n) is 6.73. The molecule has 4 nitrogen and oxygen atoms in total. The minimum atomic E-state index is -0.371. The van der Waals surface area contributed by atoms with Crippen LogP contribution in [0.15, 0.2) is 28.7 Å². The Kier molecular flexibility index (Phi) is 5.46. The van der Waals surface area contributed by atoms with Crippen LogP contribution >= 0.6 is 15.9 Å². The summed E-state index contributed by atoms with van der Waals surface area (Å²) in [5.41, 5.74) is 1.12. The summed E-state index contributed by atoms with van der Waals surface area (Å²) in [6.07, 6.45) is 1.91. The zero-order chi connectivity index (χ0) is 14.5. The number of nitrogens with one attached hydrogen (secondary N) is 1. The van der Waals surface area contributed by atoms with E-state index in [0.717, 1.165) is 16.5 Å². The number of Topliss-reactive ketones (excluding diaryl/α,β-unsaturated/α-hetero) is 1. The quantitative estimate of drug-likeness (QED) is 0.661. The van der Waals surface area contributed by atoms with Gasteiger partial charge >= 0.3 is 0 Å². The van der Waals surface area contributed by atoms with Crippen molar-refractivity contribution >= 4 is 28.0 Å². The highest BCUT2D eigenvalue weighted by Crippen LogP contribution is 2.23. The van der Waals surface area contributed by atoms with Crippen LogP contribution in [0.25, 0.3) is 0 Å². The molecular formula is C15H18BrNO3. The summed E-state index contributed by atoms with van der Waals surface area (Å²) in [6.45, 7) is 2.62. The first-order chi connectivity index (χ1) is 9.60. The molecule has 5 heteroatoms. The summed E-state index contributed by atoms with van der Waals surface area (Å²) in [5, 5.41) is 3.07. The standard InChI is InChI=1S/C15H18BrNO3/c1-10(11-2-4-12(16)5-3-11)20-13-6-7-14(17-8-13)15(19)9-18/h2-5,9-10,13-14,17H,6-8H2,1H3. The number of carbonyl (C=O) groups excluding carboxylic acids is 2. The SMILES string of the molecule is CC(OC1CCC(C(=O)C=O)NC1)c1ccc(Br)cc1. The largest absolute Gasteiger partial charge is 0.369 e. The van der Waals surface area contributed by atoms with Crippen molar-refractivity contribution in [2.24, 2.45) is 0 Å². The minimum absolute atomic E-state index is 0.00761. The second-order valence-electron chi connectivity index (χ2n) is 5.01. The van der Waals surface area contributed by atoms with Gasteiger partial charge in [0, 0.05) is 11.0 Å². The monoisotopic (exact) mass is 339 g/mol. The first kappa shape index (κ1) is 15.4. The molecule has 0 bridgehead atoms. The van der Waals surface area contributed by atoms with Gasteiger partial charge < -0.3 is 10.1 Å². The molecule has 1 saturated heterocycles. The third-order valence-electron chi connectivity index (χ3n) is 3.56. The number of halogens is 1. The van der Waals surface area contributed by atoms with Crippen LogP contribution in [0.3, 0.4) is 0 Å². The molecule has 3 unspecified atom stereocenters. The van der Waals surface area contributed by atoms with Crippen LogP contribution in [0.2, 0.25) is 0 Å². The summed E-state index contributed by atoms with van der Waals surface area (Å²) in [4.78, 5) is 21.7. The zero-order valence-corrected chi connectivity index (χ0v) is 12.9. The molecule has 0 aromatic heterocycles. The maximum Gasteiger partial charge on any atom is 0.212 e. The van der Waals surface area contributed by atoms with E-state index in [1.54, 1.807) is 0 Å². The Labute approximate surface area is 127 Å². The number of hydrogen-bond donors (Lipinski definition) is 1. The summed E-state index contributed by atoms with van der Waals surface area (Å²) >= 11 is 3.41. The van der Waals surface area contributed by atoms with Crippen LogP contribution in [0.5, 0.6) is 0 Å². The van der Waals surface area contributed by atoms with Crippen molar-refractivity contribution in [2.75, 3.05) is 6.54 Å². The lowest BCUT2D eigenvalue weighted by atomic mass is 9.99. The average molecular weight is 340 g/mol. The van der Waals surface area contributed by atoms with Gasteiger partial charge in [0.15, 0.2) is 6.29 Å². The fourth-order valence-electron chi connectivity index (χ4n) is 2.37. The fraction of sp³-hybridized carbons (Fsp3) is 0.467. The molecule has 0 aliphatic carbocycles. The Morgan fingerprint density at radius 2 is 2.10 bits per heavy atom. The van der Waals surface area contributed by atoms with Gasteiger partial charge in [0.1, 0.15) is 0 Å². The predicted molar refractivity (Wildman–Crippen MR) is 79.5 cm³/mol. The number of piperidine rings is 1. The van der Waals surface area contributed by atoms with Gasteiger partial charge in [0.2, 0.25) is 5.78 Å². The number of aldehydes is 1. The van der Waals surface area contributed by atoms with Crippen LogP contribution in [-0.4, -0.2) is 30.8 Å². The Hall–Kier alpha value is -1.04. The van der Waals surface area contributed by atoms with E-state index in [0.29, 0.717) is 19.3 Å². The normalized spacial score (nSPS) is 24.1. The lowest BCUT2D eigenvalue weighted by molar-refractivity contribution is -0.132. The molecule has 1 fully saturated rings. The topological polar surface area (TPSA) is 55.4 Å². The minimum Gasteiger partial charge on any atom is -0.369 e. The molecule has 0 spiro atoms. The maximum absolute atomic E-state index is 11.3. The molecule has 3 atom stereocenters. The van der Waals surface area contributed by atoms with Gasteiger partial charge in [-0.05, 0) is 37.5 Å². The van der Waals surface area contributed by atoms with Crippen LogP contribution in [0.4, 0.5) is 0 Å². The molecule has 1 aliphatic heterocycles. The highest BCUT2D eigenvalue weighted by atomic mass is 79.9. The lowest BCUT2D eigenvalue weighted by Crippen LogP contribution is -2.47. The van der Waals surface area contributed by atoms with E-state index >= 15 is 0 Å². The van der Waals surface area contributed by atoms with E-state index in [1.165, 1.54) is 0 Å². The van der Waals surface area contributed by atoms with Gasteiger partial charge in [-0.1, -0.05) is 28.1 Å². The van der Waals surface area contributed by atoms with Crippen molar-refractivity contribution in [1.82, 2.24) is 5.32 Å². The lowest BCUT2D eigenvalue weighted by Gasteiger charge is -2.30. The summed E-state index contributed by atoms with van der Waals surface area (Å²) in [6, 6.07) is 7.71. The second kappa shape index (κ2) is 7.11. The molecule has 1 aliphatic rings. The second-order valence-corrected chi connectivity index (χ2v) is 5.93. The highest BCUT2D eigenvalue weighted by molar-refractivity contribution is 9.10. The highest BCUT2D eigenvalue weighted by Gasteiger charge is 2.26. The molecule has 0 radical (unpaired) electrons. The first-order valence-corrected chi connectivity index (χ1v) is 7.52. The van der Waals surface area contributed by atoms with Crippen molar-refractivity contribution in [2.45, 2.75) is 38.0 Å². The van der Waals surface area contributed by atoms with Gasteiger partial charge in [-0.25, -0.2) is 0 Å². The maximum atomic E-state index is 11.3. The number of ketones is 1. The van der Waals surface area contributed by atoms with E-state index < -0.39 is 0 Å². The van der Waals surface area contributed by atoms with E-state index in [9.17, 15) is 9.59 Å². The Balaban J connectivity index is 1.84. The Morgan fingerprint density at radius 1 is 1.40 bits per heavy atom. The van der Waals surface area contributed by atoms with Crippen LogP contribution < -0.4 is 5.32 Å². The molecular weight excluding hydrogens is 322 g/mol. The third kappa shape index (κ3) is 3.98. The van der Waals surface area contributed by atoms with E-state index in [1.807, 2.05) is 31.2 Å². The van der Waals surface area contributed by atoms with E-state index in [2.05, 4.69) is 21.2 Å². The number of benzene rings is 1. The van der Waals surface area contributed by atoms with E-state index in [4.69, 9.17) is 4.74 Å². The molecule has 2 rings (SSSR count). The Bertz CT molecular complexity index is 467. The van der Waals surface area contributed by atoms with Crippen LogP contribution in [-0.2, 0) is 14.3 Å². The van der Waals surface area contributed by atoms with Crippen molar-refractivity contribution in [3.8, 4) is 0 Å². The molecule has 0 amide bonds. The molecule has 1 aromatic rings. The molecule has 1 aromatic carbocycles. The Morgan fingerprint density at radius 3 is 2.65 bits per heavy atom. The number of ether oxygens (including phenoxy) is 1. The van der Waals surface area contributed by atoms with Gasteiger partial charge in [-0.15, -0.1) is 0 Å².